The van der Waals surface area contributed by atoms with Crippen LogP contribution in [-0.2, 0) is 19.6 Å². The number of esters is 1. The second-order valence-electron chi connectivity index (χ2n) is 5.99. The summed E-state index contributed by atoms with van der Waals surface area (Å²) in [5.74, 6) is -0.552. The summed E-state index contributed by atoms with van der Waals surface area (Å²) in [6, 6.07) is 11.5. The lowest BCUT2D eigenvalue weighted by Gasteiger charge is -2.28. The van der Waals surface area contributed by atoms with E-state index in [1.165, 1.54) is 51.5 Å². The van der Waals surface area contributed by atoms with Crippen molar-refractivity contribution in [3.63, 3.8) is 0 Å². The molecule has 9 heteroatoms. The molecule has 1 N–H and O–H groups in total. The molecule has 28 heavy (non-hydrogen) atoms. The molecule has 2 aromatic carbocycles. The van der Waals surface area contributed by atoms with Crippen LogP contribution in [0.5, 0.6) is 5.75 Å². The number of nitrogens with one attached hydrogen (secondary N) is 1. The lowest BCUT2D eigenvalue weighted by atomic mass is 10.2. The molecule has 0 radical (unpaired) electrons. The molecule has 0 aliphatic carbocycles. The summed E-state index contributed by atoms with van der Waals surface area (Å²) in [6.07, 6.45) is 1.03. The summed E-state index contributed by atoms with van der Waals surface area (Å²) >= 11 is 0. The third-order valence-electron chi connectivity index (χ3n) is 3.97. The van der Waals surface area contributed by atoms with E-state index < -0.39 is 27.9 Å². The van der Waals surface area contributed by atoms with E-state index in [0.717, 1.165) is 10.6 Å². The maximum absolute atomic E-state index is 12.7. The van der Waals surface area contributed by atoms with Crippen molar-refractivity contribution in [1.29, 1.82) is 0 Å². The van der Waals surface area contributed by atoms with Crippen LogP contribution in [0.1, 0.15) is 17.3 Å². The Morgan fingerprint density at radius 3 is 2.25 bits per heavy atom. The average Bonchev–Trinajstić information content (AvgIpc) is 2.67. The van der Waals surface area contributed by atoms with Crippen molar-refractivity contribution >= 4 is 33.3 Å². The zero-order valence-electron chi connectivity index (χ0n) is 16.0. The van der Waals surface area contributed by atoms with Crippen molar-refractivity contribution in [2.45, 2.75) is 13.0 Å². The van der Waals surface area contributed by atoms with Gasteiger partial charge in [0, 0.05) is 11.8 Å². The number of benzene rings is 2. The van der Waals surface area contributed by atoms with Crippen molar-refractivity contribution in [1.82, 2.24) is 0 Å². The first-order valence-corrected chi connectivity index (χ1v) is 10.1. The van der Waals surface area contributed by atoms with Gasteiger partial charge >= 0.3 is 5.97 Å². The fourth-order valence-electron chi connectivity index (χ4n) is 2.61. The highest BCUT2D eigenvalue weighted by Gasteiger charge is 2.29. The van der Waals surface area contributed by atoms with Crippen molar-refractivity contribution in [3.8, 4) is 5.75 Å². The molecule has 0 spiro atoms. The fourth-order valence-corrected chi connectivity index (χ4v) is 3.78. The summed E-state index contributed by atoms with van der Waals surface area (Å²) in [4.78, 5) is 24.1. The number of ether oxygens (including phenoxy) is 2. The minimum absolute atomic E-state index is 0.311. The van der Waals surface area contributed by atoms with Gasteiger partial charge in [0.15, 0.2) is 0 Å². The Morgan fingerprint density at radius 2 is 1.71 bits per heavy atom. The Morgan fingerprint density at radius 1 is 1.07 bits per heavy atom. The highest BCUT2D eigenvalue weighted by atomic mass is 32.2. The first-order chi connectivity index (χ1) is 13.2. The quantitative estimate of drug-likeness (QED) is 0.708. The van der Waals surface area contributed by atoms with E-state index in [2.05, 4.69) is 10.1 Å². The summed E-state index contributed by atoms with van der Waals surface area (Å²) in [7, 11) is -0.999. The molecule has 0 unspecified atom stereocenters. The SMILES string of the molecule is COC(=O)c1ccc(NC(=O)[C@H](C)N(c2cccc(OC)c2)S(C)(=O)=O)cc1. The number of rotatable bonds is 7. The first kappa shape index (κ1) is 21.2. The molecule has 1 atom stereocenters. The molecule has 0 aliphatic heterocycles. The van der Waals surface area contributed by atoms with Crippen LogP contribution in [0, 0.1) is 0 Å². The van der Waals surface area contributed by atoms with Crippen LogP contribution in [0.2, 0.25) is 0 Å². The van der Waals surface area contributed by atoms with Gasteiger partial charge < -0.3 is 14.8 Å². The van der Waals surface area contributed by atoms with Crippen LogP contribution in [-0.4, -0.2) is 46.8 Å². The molecule has 0 aromatic heterocycles. The van der Waals surface area contributed by atoms with Crippen LogP contribution in [0.4, 0.5) is 11.4 Å². The Bertz CT molecular complexity index is 957. The lowest BCUT2D eigenvalue weighted by molar-refractivity contribution is -0.116. The topological polar surface area (TPSA) is 102 Å². The third kappa shape index (κ3) is 5.01. The smallest absolute Gasteiger partial charge is 0.337 e. The van der Waals surface area contributed by atoms with Gasteiger partial charge in [0.1, 0.15) is 11.8 Å². The van der Waals surface area contributed by atoms with E-state index >= 15 is 0 Å². The van der Waals surface area contributed by atoms with Gasteiger partial charge in [-0.05, 0) is 43.3 Å². The maximum Gasteiger partial charge on any atom is 0.337 e. The number of nitrogens with zero attached hydrogens (tertiary/aromatic N) is 1. The van der Waals surface area contributed by atoms with Crippen LogP contribution in [0.25, 0.3) is 0 Å². The predicted octanol–water partition coefficient (Wildman–Crippen LogP) is 2.28. The van der Waals surface area contributed by atoms with Crippen LogP contribution in [0.3, 0.4) is 0 Å². The van der Waals surface area contributed by atoms with Gasteiger partial charge in [0.2, 0.25) is 15.9 Å². The molecule has 0 bridgehead atoms. The number of anilines is 2. The van der Waals surface area contributed by atoms with Gasteiger partial charge in [-0.3, -0.25) is 9.10 Å². The van der Waals surface area contributed by atoms with Gasteiger partial charge in [-0.25, -0.2) is 13.2 Å². The number of amides is 1. The van der Waals surface area contributed by atoms with E-state index in [1.54, 1.807) is 18.2 Å². The average molecular weight is 406 g/mol. The molecule has 2 rings (SSSR count). The van der Waals surface area contributed by atoms with E-state index in [1.807, 2.05) is 0 Å². The number of sulfonamides is 1. The van der Waals surface area contributed by atoms with Crippen LogP contribution in [0.15, 0.2) is 48.5 Å². The normalized spacial score (nSPS) is 12.0. The molecule has 0 fully saturated rings. The fraction of sp³-hybridized carbons (Fsp3) is 0.263. The highest BCUT2D eigenvalue weighted by Crippen LogP contribution is 2.25. The summed E-state index contributed by atoms with van der Waals surface area (Å²) in [6.45, 7) is 1.48. The van der Waals surface area contributed by atoms with E-state index in [4.69, 9.17) is 4.74 Å². The Hall–Kier alpha value is -3.07. The minimum atomic E-state index is -3.75. The monoisotopic (exact) mass is 406 g/mol. The molecule has 1 amide bonds. The highest BCUT2D eigenvalue weighted by molar-refractivity contribution is 7.92. The summed E-state index contributed by atoms with van der Waals surface area (Å²) in [5.41, 5.74) is 1.07. The van der Waals surface area contributed by atoms with Crippen molar-refractivity contribution < 1.29 is 27.5 Å². The zero-order chi connectivity index (χ0) is 20.9. The molecule has 0 saturated carbocycles. The third-order valence-corrected chi connectivity index (χ3v) is 5.21. The number of hydrogen-bond acceptors (Lipinski definition) is 6. The van der Waals surface area contributed by atoms with Crippen LogP contribution >= 0.6 is 0 Å². The van der Waals surface area contributed by atoms with Gasteiger partial charge in [0.25, 0.3) is 0 Å². The lowest BCUT2D eigenvalue weighted by Crippen LogP contribution is -2.45. The van der Waals surface area contributed by atoms with Crippen molar-refractivity contribution in [2.75, 3.05) is 30.1 Å². The number of carbonyl (C=O) groups is 2. The summed E-state index contributed by atoms with van der Waals surface area (Å²) in [5, 5.41) is 2.65. The van der Waals surface area contributed by atoms with Gasteiger partial charge in [-0.15, -0.1) is 0 Å². The number of carbonyl (C=O) groups excluding carboxylic acids is 2. The second kappa shape index (κ2) is 8.75. The molecular formula is C19H22N2O6S. The number of methoxy groups -OCH3 is 2. The molecule has 0 aliphatic rings. The van der Waals surface area contributed by atoms with Crippen molar-refractivity contribution in [2.24, 2.45) is 0 Å². The van der Waals surface area contributed by atoms with E-state index in [-0.39, 0.29) is 0 Å². The van der Waals surface area contributed by atoms with Gasteiger partial charge in [-0.2, -0.15) is 0 Å². The summed E-state index contributed by atoms with van der Waals surface area (Å²) < 4.78 is 35.4. The first-order valence-electron chi connectivity index (χ1n) is 8.30. The zero-order valence-corrected chi connectivity index (χ0v) is 16.8. The Balaban J connectivity index is 2.25. The number of hydrogen-bond donors (Lipinski definition) is 1. The second-order valence-corrected chi connectivity index (χ2v) is 7.85. The van der Waals surface area contributed by atoms with Gasteiger partial charge in [-0.1, -0.05) is 6.07 Å². The van der Waals surface area contributed by atoms with E-state index in [0.29, 0.717) is 22.7 Å². The Kier molecular flexibility index (Phi) is 6.63. The molecular weight excluding hydrogens is 384 g/mol. The molecule has 8 nitrogen and oxygen atoms in total. The minimum Gasteiger partial charge on any atom is -0.497 e. The predicted molar refractivity (Wildman–Crippen MR) is 106 cm³/mol. The van der Waals surface area contributed by atoms with E-state index in [9.17, 15) is 18.0 Å². The standard InChI is InChI=1S/C19H22N2O6S/c1-13(18(22)20-15-10-8-14(9-11-15)19(23)27-3)21(28(4,24)25)16-6-5-7-17(12-16)26-2/h5-13H,1-4H3,(H,20,22)/t13-/m0/s1. The maximum atomic E-state index is 12.7. The largest absolute Gasteiger partial charge is 0.497 e. The molecule has 150 valence electrons. The Labute approximate surface area is 164 Å². The molecule has 2 aromatic rings. The molecule has 0 heterocycles. The van der Waals surface area contributed by atoms with Crippen molar-refractivity contribution in [3.05, 3.63) is 54.1 Å². The van der Waals surface area contributed by atoms with Crippen LogP contribution < -0.4 is 14.4 Å². The molecule has 0 saturated heterocycles. The van der Waals surface area contributed by atoms with Gasteiger partial charge in [0.05, 0.1) is 31.7 Å².